The Morgan fingerprint density at radius 1 is 1.72 bits per heavy atom. The highest BCUT2D eigenvalue weighted by Crippen LogP contribution is 2.31. The van der Waals surface area contributed by atoms with Crippen molar-refractivity contribution in [2.45, 2.75) is 11.9 Å². The summed E-state index contributed by atoms with van der Waals surface area (Å²) in [7, 11) is 0. The highest BCUT2D eigenvalue weighted by atomic mass is 35.5. The number of nitrogen functional groups attached to an aromatic ring is 1. The molecule has 0 saturated carbocycles. The smallest absolute Gasteiger partial charge is 0.158 e. The quantitative estimate of drug-likeness (QED) is 0.396. The summed E-state index contributed by atoms with van der Waals surface area (Å²) in [6, 6.07) is 1.98. The van der Waals surface area contributed by atoms with Gasteiger partial charge in [-0.2, -0.15) is 5.26 Å². The number of aliphatic imine (C=N–C) groups is 1. The Morgan fingerprint density at radius 2 is 2.44 bits per heavy atom. The zero-order valence-corrected chi connectivity index (χ0v) is 11.2. The zero-order chi connectivity index (χ0) is 13.5. The molecule has 5 nitrogen and oxygen atoms in total. The fourth-order valence-corrected chi connectivity index (χ4v) is 1.90. The number of allylic oxidation sites excluding steroid dienone is 2. The third-order valence-corrected chi connectivity index (χ3v) is 2.99. The minimum atomic E-state index is 0.199. The van der Waals surface area contributed by atoms with E-state index in [4.69, 9.17) is 22.6 Å². The number of halogens is 1. The Morgan fingerprint density at radius 3 is 2.94 bits per heavy atom. The summed E-state index contributed by atoms with van der Waals surface area (Å²) in [4.78, 5) is 12.4. The van der Waals surface area contributed by atoms with Crippen LogP contribution >= 0.6 is 23.4 Å². The maximum atomic E-state index is 8.98. The van der Waals surface area contributed by atoms with Crippen LogP contribution in [-0.2, 0) is 0 Å². The van der Waals surface area contributed by atoms with E-state index in [-0.39, 0.29) is 16.7 Å². The second kappa shape index (κ2) is 6.79. The van der Waals surface area contributed by atoms with Crippen molar-refractivity contribution in [3.63, 3.8) is 0 Å². The molecule has 0 spiro atoms. The van der Waals surface area contributed by atoms with Crippen molar-refractivity contribution in [2.24, 2.45) is 4.99 Å². The molecule has 0 radical (unpaired) electrons. The van der Waals surface area contributed by atoms with Gasteiger partial charge in [-0.1, -0.05) is 36.0 Å². The Bertz CT molecular complexity index is 559. The number of hydrogen-bond acceptors (Lipinski definition) is 6. The van der Waals surface area contributed by atoms with Gasteiger partial charge in [0.05, 0.1) is 6.20 Å². The summed E-state index contributed by atoms with van der Waals surface area (Å²) in [6.45, 7) is 5.36. The summed E-state index contributed by atoms with van der Waals surface area (Å²) < 4.78 is 0. The second-order valence-corrected chi connectivity index (χ2v) is 4.32. The lowest BCUT2D eigenvalue weighted by molar-refractivity contribution is 1.07. The van der Waals surface area contributed by atoms with Crippen molar-refractivity contribution in [3.8, 4) is 6.07 Å². The van der Waals surface area contributed by atoms with Crippen LogP contribution in [0.1, 0.15) is 6.92 Å². The van der Waals surface area contributed by atoms with Gasteiger partial charge < -0.3 is 5.73 Å². The van der Waals surface area contributed by atoms with Crippen LogP contribution in [0.3, 0.4) is 0 Å². The van der Waals surface area contributed by atoms with Crippen molar-refractivity contribution in [1.29, 1.82) is 5.26 Å². The van der Waals surface area contributed by atoms with Crippen molar-refractivity contribution < 1.29 is 0 Å². The molecule has 2 N–H and O–H groups in total. The average Bonchev–Trinajstić information content (AvgIpc) is 2.36. The van der Waals surface area contributed by atoms with Gasteiger partial charge in [-0.05, 0) is 6.92 Å². The van der Waals surface area contributed by atoms with Gasteiger partial charge in [0.1, 0.15) is 16.2 Å². The highest BCUT2D eigenvalue weighted by Gasteiger charge is 2.09. The van der Waals surface area contributed by atoms with Crippen LogP contribution in [0.5, 0.6) is 0 Å². The molecular weight excluding hydrogens is 270 g/mol. The van der Waals surface area contributed by atoms with Gasteiger partial charge >= 0.3 is 0 Å². The molecule has 0 aromatic carbocycles. The number of nitrogens with zero attached hydrogens (tertiary/aromatic N) is 4. The van der Waals surface area contributed by atoms with E-state index in [1.54, 1.807) is 6.92 Å². The van der Waals surface area contributed by atoms with Crippen molar-refractivity contribution in [2.75, 3.05) is 5.73 Å². The van der Waals surface area contributed by atoms with Crippen LogP contribution in [0.15, 0.2) is 39.5 Å². The molecule has 0 aliphatic carbocycles. The molecule has 0 saturated heterocycles. The molecular formula is C11H10ClN5S. The van der Waals surface area contributed by atoms with E-state index < -0.39 is 0 Å². The highest BCUT2D eigenvalue weighted by molar-refractivity contribution is 8.03. The van der Waals surface area contributed by atoms with E-state index in [0.29, 0.717) is 9.93 Å². The second-order valence-electron chi connectivity index (χ2n) is 2.90. The van der Waals surface area contributed by atoms with Crippen LogP contribution in [0.2, 0.25) is 5.15 Å². The lowest BCUT2D eigenvalue weighted by Crippen LogP contribution is -1.96. The molecule has 0 unspecified atom stereocenters. The average molecular weight is 280 g/mol. The molecule has 0 atom stereocenters. The maximum Gasteiger partial charge on any atom is 0.158 e. The van der Waals surface area contributed by atoms with Crippen molar-refractivity contribution >= 4 is 35.4 Å². The van der Waals surface area contributed by atoms with Crippen LogP contribution in [-0.4, -0.2) is 16.2 Å². The normalized spacial score (nSPS) is 12.1. The summed E-state index contributed by atoms with van der Waals surface area (Å²) in [6.07, 6.45) is 4.43. The monoisotopic (exact) mass is 279 g/mol. The first-order valence-corrected chi connectivity index (χ1v) is 6.03. The fourth-order valence-electron chi connectivity index (χ4n) is 1.02. The topological polar surface area (TPSA) is 88.0 Å². The third kappa shape index (κ3) is 3.58. The standard InChI is InChI=1S/C11H10ClN5S/c1-3-8(7(5-13)15-4-2)18-11-10(14)17-9(12)6-16-11/h3-4,6H,1H2,2H3,(H2,14,17)/b8-7+,15-4?. The summed E-state index contributed by atoms with van der Waals surface area (Å²) in [5.74, 6) is 0.199. The van der Waals surface area contributed by atoms with E-state index >= 15 is 0 Å². The molecule has 0 amide bonds. The fraction of sp³-hybridized carbons (Fsp3) is 0.0909. The number of aromatic nitrogens is 2. The molecule has 1 heterocycles. The lowest BCUT2D eigenvalue weighted by Gasteiger charge is -2.04. The molecule has 0 fully saturated rings. The molecule has 0 bridgehead atoms. The number of hydrogen-bond donors (Lipinski definition) is 1. The van der Waals surface area contributed by atoms with Crippen LogP contribution in [0.25, 0.3) is 0 Å². The van der Waals surface area contributed by atoms with Gasteiger partial charge in [-0.15, -0.1) is 0 Å². The number of anilines is 1. The van der Waals surface area contributed by atoms with E-state index in [1.807, 2.05) is 6.07 Å². The molecule has 1 aromatic rings. The summed E-state index contributed by atoms with van der Waals surface area (Å²) in [5, 5.41) is 9.65. The summed E-state index contributed by atoms with van der Waals surface area (Å²) in [5.41, 5.74) is 5.93. The molecule has 92 valence electrons. The van der Waals surface area contributed by atoms with Gasteiger partial charge in [0.2, 0.25) is 0 Å². The third-order valence-electron chi connectivity index (χ3n) is 1.72. The van der Waals surface area contributed by atoms with E-state index in [9.17, 15) is 0 Å². The van der Waals surface area contributed by atoms with Crippen molar-refractivity contribution in [1.82, 2.24) is 9.97 Å². The van der Waals surface area contributed by atoms with Crippen molar-refractivity contribution in [3.05, 3.63) is 34.6 Å². The Balaban J connectivity index is 3.14. The number of thioether (sulfide) groups is 1. The van der Waals surface area contributed by atoms with E-state index in [0.717, 1.165) is 11.8 Å². The predicted octanol–water partition coefficient (Wildman–Crippen LogP) is 2.82. The Kier molecular flexibility index (Phi) is 5.36. The lowest BCUT2D eigenvalue weighted by atomic mass is 10.4. The number of nitrogens with two attached hydrogens (primary N) is 1. The molecule has 18 heavy (non-hydrogen) atoms. The van der Waals surface area contributed by atoms with Crippen LogP contribution < -0.4 is 5.73 Å². The van der Waals surface area contributed by atoms with Gasteiger partial charge in [0, 0.05) is 11.1 Å². The minimum absolute atomic E-state index is 0.199. The molecule has 1 aromatic heterocycles. The first kappa shape index (κ1) is 14.2. The SMILES string of the molecule is C=C/C(Sc1ncc(Cl)nc1N)=C(/C#N)N=CC. The van der Waals surface area contributed by atoms with E-state index in [1.165, 1.54) is 18.5 Å². The van der Waals surface area contributed by atoms with Gasteiger partial charge in [-0.3, -0.25) is 0 Å². The molecule has 0 aliphatic rings. The molecule has 0 aliphatic heterocycles. The predicted molar refractivity (Wildman–Crippen MR) is 74.3 cm³/mol. The number of nitriles is 1. The first-order chi connectivity index (χ1) is 8.62. The maximum absolute atomic E-state index is 8.98. The number of rotatable bonds is 4. The largest absolute Gasteiger partial charge is 0.381 e. The Labute approximate surface area is 114 Å². The van der Waals surface area contributed by atoms with E-state index in [2.05, 4.69) is 21.5 Å². The van der Waals surface area contributed by atoms with Gasteiger partial charge in [0.15, 0.2) is 11.5 Å². The minimum Gasteiger partial charge on any atom is -0.381 e. The Hall–Kier alpha value is -1.84. The zero-order valence-electron chi connectivity index (χ0n) is 9.59. The van der Waals surface area contributed by atoms with Crippen LogP contribution in [0, 0.1) is 11.3 Å². The van der Waals surface area contributed by atoms with Crippen LogP contribution in [0.4, 0.5) is 5.82 Å². The van der Waals surface area contributed by atoms with Gasteiger partial charge in [0.25, 0.3) is 0 Å². The summed E-state index contributed by atoms with van der Waals surface area (Å²) >= 11 is 6.82. The molecule has 7 heteroatoms. The first-order valence-electron chi connectivity index (χ1n) is 4.83. The van der Waals surface area contributed by atoms with Gasteiger partial charge in [-0.25, -0.2) is 15.0 Å². The molecule has 1 rings (SSSR count).